The van der Waals surface area contributed by atoms with Gasteiger partial charge in [-0.3, -0.25) is 0 Å². The fourth-order valence-electron chi connectivity index (χ4n) is 1.12. The number of furan rings is 1. The molecule has 0 saturated carbocycles. The highest BCUT2D eigenvalue weighted by atomic mass is 16.6. The van der Waals surface area contributed by atoms with E-state index in [1.54, 1.807) is 7.11 Å². The lowest BCUT2D eigenvalue weighted by Crippen LogP contribution is -2.08. The third kappa shape index (κ3) is 5.37. The molecule has 1 N–H and O–H groups in total. The molecule has 0 aromatic carbocycles. The molecule has 1 aromatic heterocycles. The van der Waals surface area contributed by atoms with Gasteiger partial charge in [-0.15, -0.1) is 0 Å². The van der Waals surface area contributed by atoms with E-state index in [9.17, 15) is 4.79 Å². The summed E-state index contributed by atoms with van der Waals surface area (Å²) in [5.41, 5.74) is 0. The van der Waals surface area contributed by atoms with Crippen LogP contribution in [0, 0.1) is 0 Å². The van der Waals surface area contributed by atoms with E-state index < -0.39 is 5.97 Å². The molecule has 6 heteroatoms. The maximum atomic E-state index is 10.5. The summed E-state index contributed by atoms with van der Waals surface area (Å²) >= 11 is 0. The molecule has 96 valence electrons. The number of carbonyl (C=O) groups is 1. The van der Waals surface area contributed by atoms with Crippen molar-refractivity contribution in [1.29, 1.82) is 0 Å². The van der Waals surface area contributed by atoms with E-state index in [1.165, 1.54) is 12.1 Å². The summed E-state index contributed by atoms with van der Waals surface area (Å²) in [6.07, 6.45) is 0.834. The molecule has 0 unspecified atom stereocenters. The highest BCUT2D eigenvalue weighted by Crippen LogP contribution is 2.15. The minimum absolute atomic E-state index is 0.138. The van der Waals surface area contributed by atoms with Crippen molar-refractivity contribution in [1.82, 2.24) is 0 Å². The summed E-state index contributed by atoms with van der Waals surface area (Å²) in [5.74, 6) is -1.07. The van der Waals surface area contributed by atoms with Gasteiger partial charge in [-0.25, -0.2) is 4.79 Å². The highest BCUT2D eigenvalue weighted by molar-refractivity contribution is 5.84. The van der Waals surface area contributed by atoms with Crippen LogP contribution in [0.1, 0.15) is 17.0 Å². The topological polar surface area (TPSA) is 78.1 Å². The summed E-state index contributed by atoms with van der Waals surface area (Å²) in [4.78, 5) is 10.5. The van der Waals surface area contributed by atoms with Crippen molar-refractivity contribution in [3.05, 3.63) is 17.9 Å². The Labute approximate surface area is 99.1 Å². The van der Waals surface area contributed by atoms with Crippen molar-refractivity contribution in [3.63, 3.8) is 0 Å². The molecule has 0 amide bonds. The quantitative estimate of drug-likeness (QED) is 0.662. The third-order valence-corrected chi connectivity index (χ3v) is 1.90. The first-order valence-corrected chi connectivity index (χ1v) is 5.26. The van der Waals surface area contributed by atoms with Crippen LogP contribution >= 0.6 is 0 Å². The first kappa shape index (κ1) is 13.5. The Morgan fingerprint density at radius 3 is 2.76 bits per heavy atom. The molecule has 0 bridgehead atoms. The van der Waals surface area contributed by atoms with Gasteiger partial charge in [-0.05, 0) is 12.5 Å². The first-order chi connectivity index (χ1) is 8.24. The molecule has 0 aliphatic carbocycles. The molecule has 17 heavy (non-hydrogen) atoms. The van der Waals surface area contributed by atoms with Gasteiger partial charge < -0.3 is 23.7 Å². The Balaban J connectivity index is 2.07. The third-order valence-electron chi connectivity index (χ3n) is 1.90. The number of carboxylic acids is 1. The summed E-state index contributed by atoms with van der Waals surface area (Å²) in [7, 11) is 1.64. The molecule has 0 fully saturated rings. The van der Waals surface area contributed by atoms with Crippen LogP contribution in [0.25, 0.3) is 0 Å². The van der Waals surface area contributed by atoms with Crippen LogP contribution in [0.15, 0.2) is 16.5 Å². The smallest absolute Gasteiger partial charge is 0.371 e. The number of rotatable bonds is 9. The van der Waals surface area contributed by atoms with Crippen LogP contribution in [0.3, 0.4) is 0 Å². The summed E-state index contributed by atoms with van der Waals surface area (Å²) in [5, 5.41) is 8.60. The molecule has 0 atom stereocenters. The lowest BCUT2D eigenvalue weighted by Gasteiger charge is -2.04. The molecule has 1 aromatic rings. The minimum atomic E-state index is -1.12. The zero-order valence-corrected chi connectivity index (χ0v) is 9.68. The Morgan fingerprint density at radius 2 is 2.12 bits per heavy atom. The second kappa shape index (κ2) is 7.70. The number of aromatic carboxylic acids is 1. The van der Waals surface area contributed by atoms with Crippen molar-refractivity contribution < 1.29 is 28.5 Å². The maximum Gasteiger partial charge on any atom is 0.371 e. The van der Waals surface area contributed by atoms with E-state index in [0.29, 0.717) is 26.4 Å². The van der Waals surface area contributed by atoms with Crippen LogP contribution in [0.5, 0.6) is 5.95 Å². The molecule has 0 aliphatic rings. The van der Waals surface area contributed by atoms with Crippen LogP contribution in [0.2, 0.25) is 0 Å². The van der Waals surface area contributed by atoms with E-state index >= 15 is 0 Å². The van der Waals surface area contributed by atoms with Gasteiger partial charge in [-0.2, -0.15) is 0 Å². The second-order valence-corrected chi connectivity index (χ2v) is 3.23. The van der Waals surface area contributed by atoms with Crippen molar-refractivity contribution >= 4 is 5.97 Å². The standard InChI is InChI=1S/C11H16O6/c1-14-5-2-6-15-7-8-16-10-4-3-9(17-10)11(12)13/h3-4H,2,5-8H2,1H3,(H,12,13). The molecule has 0 saturated heterocycles. The lowest BCUT2D eigenvalue weighted by atomic mass is 10.5. The molecule has 0 radical (unpaired) electrons. The van der Waals surface area contributed by atoms with Gasteiger partial charge >= 0.3 is 5.97 Å². The molecular weight excluding hydrogens is 228 g/mol. The number of ether oxygens (including phenoxy) is 3. The SMILES string of the molecule is COCCCOCCOc1ccc(C(=O)O)o1. The average Bonchev–Trinajstić information content (AvgIpc) is 2.77. The molecule has 1 heterocycles. The minimum Gasteiger partial charge on any atom is -0.475 e. The van der Waals surface area contributed by atoms with E-state index in [0.717, 1.165) is 6.42 Å². The highest BCUT2D eigenvalue weighted by Gasteiger charge is 2.09. The van der Waals surface area contributed by atoms with Crippen LogP contribution in [-0.2, 0) is 9.47 Å². The number of hydrogen-bond acceptors (Lipinski definition) is 5. The fraction of sp³-hybridized carbons (Fsp3) is 0.545. The summed E-state index contributed by atoms with van der Waals surface area (Å²) in [6, 6.07) is 2.81. The Hall–Kier alpha value is -1.53. The van der Waals surface area contributed by atoms with Crippen LogP contribution < -0.4 is 4.74 Å². The number of carboxylic acid groups (broad SMARTS) is 1. The van der Waals surface area contributed by atoms with Gasteiger partial charge in [0.05, 0.1) is 6.61 Å². The van der Waals surface area contributed by atoms with Gasteiger partial charge in [0.2, 0.25) is 5.76 Å². The predicted octanol–water partition coefficient (Wildman–Crippen LogP) is 1.41. The van der Waals surface area contributed by atoms with Crippen molar-refractivity contribution in [2.45, 2.75) is 6.42 Å². The zero-order valence-electron chi connectivity index (χ0n) is 9.68. The average molecular weight is 244 g/mol. The molecule has 6 nitrogen and oxygen atoms in total. The Kier molecular flexibility index (Phi) is 6.13. The maximum absolute atomic E-state index is 10.5. The van der Waals surface area contributed by atoms with Crippen molar-refractivity contribution in [3.8, 4) is 5.95 Å². The first-order valence-electron chi connectivity index (χ1n) is 5.26. The monoisotopic (exact) mass is 244 g/mol. The molecule has 0 spiro atoms. The van der Waals surface area contributed by atoms with Gasteiger partial charge in [0.15, 0.2) is 0 Å². The molecular formula is C11H16O6. The fourth-order valence-corrected chi connectivity index (χ4v) is 1.12. The van der Waals surface area contributed by atoms with E-state index in [-0.39, 0.29) is 11.7 Å². The zero-order chi connectivity index (χ0) is 12.5. The summed E-state index contributed by atoms with van der Waals surface area (Å²) in [6.45, 7) is 2.02. The normalized spacial score (nSPS) is 10.4. The Bertz CT molecular complexity index is 332. The van der Waals surface area contributed by atoms with Gasteiger partial charge in [0.1, 0.15) is 6.61 Å². The predicted molar refractivity (Wildman–Crippen MR) is 58.5 cm³/mol. The van der Waals surface area contributed by atoms with Gasteiger partial charge in [0, 0.05) is 26.4 Å². The second-order valence-electron chi connectivity index (χ2n) is 3.23. The molecule has 0 aliphatic heterocycles. The Morgan fingerprint density at radius 1 is 1.29 bits per heavy atom. The van der Waals surface area contributed by atoms with Crippen LogP contribution in [0.4, 0.5) is 0 Å². The summed E-state index contributed by atoms with van der Waals surface area (Å²) < 4.78 is 20.2. The van der Waals surface area contributed by atoms with E-state index in [1.807, 2.05) is 0 Å². The van der Waals surface area contributed by atoms with E-state index in [4.69, 9.17) is 23.7 Å². The van der Waals surface area contributed by atoms with Gasteiger partial charge in [0.25, 0.3) is 5.95 Å². The van der Waals surface area contributed by atoms with Crippen molar-refractivity contribution in [2.24, 2.45) is 0 Å². The largest absolute Gasteiger partial charge is 0.475 e. The lowest BCUT2D eigenvalue weighted by molar-refractivity contribution is 0.0629. The van der Waals surface area contributed by atoms with Crippen LogP contribution in [-0.4, -0.2) is 44.6 Å². The van der Waals surface area contributed by atoms with Crippen molar-refractivity contribution in [2.75, 3.05) is 33.5 Å². The number of hydrogen-bond donors (Lipinski definition) is 1. The van der Waals surface area contributed by atoms with Gasteiger partial charge in [-0.1, -0.05) is 0 Å². The van der Waals surface area contributed by atoms with E-state index in [2.05, 4.69) is 0 Å². The number of methoxy groups -OCH3 is 1. The molecule has 1 rings (SSSR count).